The van der Waals surface area contributed by atoms with Crippen LogP contribution in [0.4, 0.5) is 5.69 Å². The first-order valence-electron chi connectivity index (χ1n) is 6.86. The van der Waals surface area contributed by atoms with E-state index in [1.54, 1.807) is 18.5 Å². The zero-order chi connectivity index (χ0) is 14.5. The summed E-state index contributed by atoms with van der Waals surface area (Å²) in [4.78, 5) is 20.4. The lowest BCUT2D eigenvalue weighted by molar-refractivity contribution is -0.116. The van der Waals surface area contributed by atoms with Gasteiger partial charge >= 0.3 is 0 Å². The maximum atomic E-state index is 11.9. The highest BCUT2D eigenvalue weighted by Gasteiger charge is 2.04. The van der Waals surface area contributed by atoms with Crippen LogP contribution in [0.5, 0.6) is 0 Å². The average Bonchev–Trinajstić information content (AvgIpc) is 2.54. The fraction of sp³-hybridized carbons (Fsp3) is 0.118. The number of nitrogens with one attached hydrogen (secondary N) is 1. The molecule has 0 aliphatic heterocycles. The minimum Gasteiger partial charge on any atom is -0.325 e. The summed E-state index contributed by atoms with van der Waals surface area (Å²) >= 11 is 0. The molecule has 0 saturated heterocycles. The van der Waals surface area contributed by atoms with E-state index < -0.39 is 0 Å². The van der Waals surface area contributed by atoms with Crippen molar-refractivity contribution in [3.8, 4) is 0 Å². The molecule has 1 amide bonds. The zero-order valence-electron chi connectivity index (χ0n) is 11.5. The average molecular weight is 277 g/mol. The minimum atomic E-state index is -0.0297. The quantitative estimate of drug-likeness (QED) is 0.796. The van der Waals surface area contributed by atoms with Gasteiger partial charge in [0.2, 0.25) is 5.91 Å². The van der Waals surface area contributed by atoms with Gasteiger partial charge < -0.3 is 5.32 Å². The van der Waals surface area contributed by atoms with Gasteiger partial charge in [-0.3, -0.25) is 14.8 Å². The maximum Gasteiger partial charge on any atom is 0.224 e. The Labute approximate surface area is 122 Å². The van der Waals surface area contributed by atoms with Crippen molar-refractivity contribution in [1.82, 2.24) is 9.97 Å². The number of anilines is 1. The fourth-order valence-electron chi connectivity index (χ4n) is 2.15. The Kier molecular flexibility index (Phi) is 3.87. The molecular formula is C17H15N3O. The van der Waals surface area contributed by atoms with Gasteiger partial charge in [0.1, 0.15) is 0 Å². The number of pyridine rings is 2. The number of rotatable bonds is 4. The molecule has 2 heterocycles. The van der Waals surface area contributed by atoms with Crippen LogP contribution in [0.1, 0.15) is 12.1 Å². The third-order valence-electron chi connectivity index (χ3n) is 3.21. The van der Waals surface area contributed by atoms with Crippen molar-refractivity contribution in [2.75, 3.05) is 5.32 Å². The van der Waals surface area contributed by atoms with E-state index in [2.05, 4.69) is 15.3 Å². The van der Waals surface area contributed by atoms with E-state index in [1.807, 2.05) is 42.5 Å². The first-order valence-corrected chi connectivity index (χ1v) is 6.86. The van der Waals surface area contributed by atoms with Gasteiger partial charge in [0, 0.05) is 23.7 Å². The Morgan fingerprint density at radius 2 is 1.95 bits per heavy atom. The van der Waals surface area contributed by atoms with Crippen LogP contribution < -0.4 is 5.32 Å². The van der Waals surface area contributed by atoms with Gasteiger partial charge in [-0.1, -0.05) is 24.3 Å². The number of carbonyl (C=O) groups excluding carboxylic acids is 1. The number of aryl methyl sites for hydroxylation is 1. The number of nitrogens with zero attached hydrogens (tertiary/aromatic N) is 2. The van der Waals surface area contributed by atoms with E-state index in [0.717, 1.165) is 16.6 Å². The maximum absolute atomic E-state index is 11.9. The van der Waals surface area contributed by atoms with Crippen molar-refractivity contribution in [2.45, 2.75) is 12.8 Å². The van der Waals surface area contributed by atoms with Gasteiger partial charge in [-0.05, 0) is 30.7 Å². The number of fused-ring (bicyclic) bond motifs is 1. The van der Waals surface area contributed by atoms with Crippen LogP contribution in [-0.4, -0.2) is 15.9 Å². The van der Waals surface area contributed by atoms with Gasteiger partial charge in [0.05, 0.1) is 17.4 Å². The lowest BCUT2D eigenvalue weighted by atomic mass is 10.1. The number of hydrogen-bond donors (Lipinski definition) is 1. The number of aromatic nitrogens is 2. The van der Waals surface area contributed by atoms with Crippen molar-refractivity contribution >= 4 is 22.5 Å². The molecule has 0 atom stereocenters. The summed E-state index contributed by atoms with van der Waals surface area (Å²) in [7, 11) is 0. The predicted molar refractivity (Wildman–Crippen MR) is 82.9 cm³/mol. The van der Waals surface area contributed by atoms with Crippen molar-refractivity contribution in [2.24, 2.45) is 0 Å². The van der Waals surface area contributed by atoms with Crippen LogP contribution in [-0.2, 0) is 11.2 Å². The summed E-state index contributed by atoms with van der Waals surface area (Å²) in [5, 5.41) is 3.93. The lowest BCUT2D eigenvalue weighted by Crippen LogP contribution is -2.12. The third kappa shape index (κ3) is 3.42. The SMILES string of the molecule is O=C(CCc1ccc2ccccc2n1)Nc1cccnc1. The monoisotopic (exact) mass is 277 g/mol. The number of amides is 1. The van der Waals surface area contributed by atoms with Gasteiger partial charge in [-0.25, -0.2) is 0 Å². The molecule has 2 aromatic heterocycles. The Morgan fingerprint density at radius 1 is 1.05 bits per heavy atom. The van der Waals surface area contributed by atoms with Crippen molar-refractivity contribution < 1.29 is 4.79 Å². The fourth-order valence-corrected chi connectivity index (χ4v) is 2.15. The molecule has 1 aromatic carbocycles. The van der Waals surface area contributed by atoms with E-state index >= 15 is 0 Å². The van der Waals surface area contributed by atoms with Crippen molar-refractivity contribution in [3.63, 3.8) is 0 Å². The summed E-state index contributed by atoms with van der Waals surface area (Å²) in [5.74, 6) is -0.0297. The Morgan fingerprint density at radius 3 is 2.81 bits per heavy atom. The molecule has 0 radical (unpaired) electrons. The van der Waals surface area contributed by atoms with Gasteiger partial charge in [0.15, 0.2) is 0 Å². The summed E-state index contributed by atoms with van der Waals surface area (Å²) in [5.41, 5.74) is 2.60. The molecule has 4 nitrogen and oxygen atoms in total. The second-order valence-electron chi connectivity index (χ2n) is 4.79. The molecule has 0 aliphatic rings. The summed E-state index contributed by atoms with van der Waals surface area (Å²) in [6.45, 7) is 0. The van der Waals surface area contributed by atoms with Crippen molar-refractivity contribution in [1.29, 1.82) is 0 Å². The normalized spacial score (nSPS) is 10.5. The molecule has 3 rings (SSSR count). The molecule has 0 aliphatic carbocycles. The molecule has 0 fully saturated rings. The van der Waals surface area contributed by atoms with Crippen LogP contribution in [0.15, 0.2) is 60.9 Å². The number of carbonyl (C=O) groups is 1. The topological polar surface area (TPSA) is 54.9 Å². The van der Waals surface area contributed by atoms with Crippen LogP contribution in [0.2, 0.25) is 0 Å². The largest absolute Gasteiger partial charge is 0.325 e. The molecule has 0 spiro atoms. The number of para-hydroxylation sites is 1. The highest BCUT2D eigenvalue weighted by molar-refractivity contribution is 5.90. The summed E-state index contributed by atoms with van der Waals surface area (Å²) < 4.78 is 0. The molecule has 4 heteroatoms. The third-order valence-corrected chi connectivity index (χ3v) is 3.21. The standard InChI is InChI=1S/C17H15N3O/c21-17(20-15-5-3-11-18-12-15)10-9-14-8-7-13-4-1-2-6-16(13)19-14/h1-8,11-12H,9-10H2,(H,20,21). The van der Waals surface area contributed by atoms with Gasteiger partial charge in [-0.2, -0.15) is 0 Å². The molecule has 0 bridgehead atoms. The van der Waals surface area contributed by atoms with Gasteiger partial charge in [-0.15, -0.1) is 0 Å². The second kappa shape index (κ2) is 6.13. The van der Waals surface area contributed by atoms with E-state index in [0.29, 0.717) is 18.5 Å². The predicted octanol–water partition coefficient (Wildman–Crippen LogP) is 3.20. The number of hydrogen-bond acceptors (Lipinski definition) is 3. The number of benzene rings is 1. The highest BCUT2D eigenvalue weighted by Crippen LogP contribution is 2.13. The molecular weight excluding hydrogens is 262 g/mol. The molecule has 3 aromatic rings. The molecule has 0 unspecified atom stereocenters. The Balaban J connectivity index is 1.62. The van der Waals surface area contributed by atoms with Crippen LogP contribution in [0, 0.1) is 0 Å². The van der Waals surface area contributed by atoms with Crippen LogP contribution in [0.25, 0.3) is 10.9 Å². The Hall–Kier alpha value is -2.75. The van der Waals surface area contributed by atoms with E-state index in [4.69, 9.17) is 0 Å². The first kappa shape index (κ1) is 13.2. The highest BCUT2D eigenvalue weighted by atomic mass is 16.1. The van der Waals surface area contributed by atoms with E-state index in [1.165, 1.54) is 0 Å². The zero-order valence-corrected chi connectivity index (χ0v) is 11.5. The lowest BCUT2D eigenvalue weighted by Gasteiger charge is -2.05. The summed E-state index contributed by atoms with van der Waals surface area (Å²) in [6.07, 6.45) is 4.33. The van der Waals surface area contributed by atoms with Crippen molar-refractivity contribution in [3.05, 3.63) is 66.6 Å². The minimum absolute atomic E-state index is 0.0297. The molecule has 1 N–H and O–H groups in total. The van der Waals surface area contributed by atoms with E-state index in [9.17, 15) is 4.79 Å². The van der Waals surface area contributed by atoms with Crippen LogP contribution >= 0.6 is 0 Å². The van der Waals surface area contributed by atoms with E-state index in [-0.39, 0.29) is 5.91 Å². The smallest absolute Gasteiger partial charge is 0.224 e. The first-order chi connectivity index (χ1) is 10.3. The summed E-state index contributed by atoms with van der Waals surface area (Å²) in [6, 6.07) is 15.6. The molecule has 0 saturated carbocycles. The molecule has 104 valence electrons. The van der Waals surface area contributed by atoms with Gasteiger partial charge in [0.25, 0.3) is 0 Å². The Bertz CT molecular complexity index is 756. The van der Waals surface area contributed by atoms with Crippen LogP contribution in [0.3, 0.4) is 0 Å². The second-order valence-corrected chi connectivity index (χ2v) is 4.79. The molecule has 21 heavy (non-hydrogen) atoms.